The van der Waals surface area contributed by atoms with Gasteiger partial charge in [-0.15, -0.1) is 0 Å². The fourth-order valence-electron chi connectivity index (χ4n) is 3.13. The zero-order valence-corrected chi connectivity index (χ0v) is 18.4. The second-order valence-electron chi connectivity index (χ2n) is 7.75. The molecule has 0 heterocycles. The lowest BCUT2D eigenvalue weighted by atomic mass is 9.91. The van der Waals surface area contributed by atoms with Crippen molar-refractivity contribution in [2.75, 3.05) is 5.75 Å². The van der Waals surface area contributed by atoms with E-state index in [2.05, 4.69) is 12.1 Å². The summed E-state index contributed by atoms with van der Waals surface area (Å²) in [6, 6.07) is 16.0. The van der Waals surface area contributed by atoms with Crippen LogP contribution in [0.3, 0.4) is 0 Å². The number of thioether (sulfide) groups is 1. The number of rotatable bonds is 8. The number of carbonyl (C=O) groups is 1. The first-order chi connectivity index (χ1) is 13.8. The summed E-state index contributed by atoms with van der Waals surface area (Å²) in [7, 11) is 0. The first-order valence-electron chi connectivity index (χ1n) is 10.0. The molecule has 0 spiro atoms. The number of hydrogen-bond donors (Lipinski definition) is 1. The molecule has 2 aromatic carbocycles. The summed E-state index contributed by atoms with van der Waals surface area (Å²) in [6.45, 7) is 8.08. The topological polar surface area (TPSA) is 61.1 Å². The molecule has 0 amide bonds. The normalized spacial score (nSPS) is 11.7. The third kappa shape index (κ3) is 6.51. The van der Waals surface area contributed by atoms with Crippen molar-refractivity contribution in [1.82, 2.24) is 0 Å². The maximum absolute atomic E-state index is 12.5. The number of benzene rings is 2. The zero-order chi connectivity index (χ0) is 21.4. The Bertz CT molecular complexity index is 879. The lowest BCUT2D eigenvalue weighted by molar-refractivity contribution is -0.107. The van der Waals surface area contributed by atoms with Gasteiger partial charge in [0.15, 0.2) is 0 Å². The molecule has 2 aromatic rings. The van der Waals surface area contributed by atoms with E-state index in [1.807, 2.05) is 64.1 Å². The van der Waals surface area contributed by atoms with Crippen LogP contribution in [-0.4, -0.2) is 16.0 Å². The van der Waals surface area contributed by atoms with Gasteiger partial charge in [-0.3, -0.25) is 4.79 Å². The summed E-state index contributed by atoms with van der Waals surface area (Å²) in [4.78, 5) is 12.5. The lowest BCUT2D eigenvalue weighted by Gasteiger charge is -2.16. The molecule has 0 aliphatic heterocycles. The first-order valence-corrected chi connectivity index (χ1v) is 11.0. The Morgan fingerprint density at radius 2 is 1.69 bits per heavy atom. The van der Waals surface area contributed by atoms with Gasteiger partial charge in [0.05, 0.1) is 0 Å². The first kappa shape index (κ1) is 22.8. The van der Waals surface area contributed by atoms with Gasteiger partial charge in [-0.05, 0) is 65.1 Å². The number of nitriles is 1. The zero-order valence-electron chi connectivity index (χ0n) is 17.6. The molecule has 0 bridgehead atoms. The highest BCUT2D eigenvalue weighted by atomic mass is 32.2. The highest BCUT2D eigenvalue weighted by Crippen LogP contribution is 2.35. The van der Waals surface area contributed by atoms with Crippen LogP contribution in [0.25, 0.3) is 6.08 Å². The van der Waals surface area contributed by atoms with Crippen molar-refractivity contribution in [2.24, 2.45) is 0 Å². The summed E-state index contributed by atoms with van der Waals surface area (Å²) in [5.74, 6) is 1.28. The Balaban J connectivity index is 2.12. The van der Waals surface area contributed by atoms with Crippen LogP contribution in [0.15, 0.2) is 48.0 Å². The molecule has 0 atom stereocenters. The molecular weight excluding hydrogens is 378 g/mol. The van der Waals surface area contributed by atoms with Crippen molar-refractivity contribution in [3.05, 3.63) is 70.3 Å². The second-order valence-corrected chi connectivity index (χ2v) is 8.82. The van der Waals surface area contributed by atoms with Crippen LogP contribution >= 0.6 is 11.8 Å². The van der Waals surface area contributed by atoms with Gasteiger partial charge < -0.3 is 5.11 Å². The van der Waals surface area contributed by atoms with Gasteiger partial charge >= 0.3 is 0 Å². The van der Waals surface area contributed by atoms with Crippen LogP contribution in [0.1, 0.15) is 68.2 Å². The van der Waals surface area contributed by atoms with Gasteiger partial charge in [0.25, 0.3) is 0 Å². The van der Waals surface area contributed by atoms with Gasteiger partial charge in [-0.2, -0.15) is 5.26 Å². The molecule has 2 rings (SSSR count). The van der Waals surface area contributed by atoms with E-state index in [4.69, 9.17) is 0 Å². The Morgan fingerprint density at radius 1 is 1.10 bits per heavy atom. The van der Waals surface area contributed by atoms with E-state index in [0.29, 0.717) is 11.5 Å². The Morgan fingerprint density at radius 3 is 2.21 bits per heavy atom. The molecule has 0 saturated carbocycles. The minimum Gasteiger partial charge on any atom is -0.507 e. The van der Waals surface area contributed by atoms with E-state index in [0.717, 1.165) is 29.5 Å². The van der Waals surface area contributed by atoms with Crippen LogP contribution in [0.4, 0.5) is 0 Å². The van der Waals surface area contributed by atoms with Gasteiger partial charge in [-0.25, -0.2) is 0 Å². The highest BCUT2D eigenvalue weighted by Gasteiger charge is 2.16. The van der Waals surface area contributed by atoms with E-state index < -0.39 is 0 Å². The van der Waals surface area contributed by atoms with Gasteiger partial charge in [0, 0.05) is 5.75 Å². The molecule has 4 heteroatoms. The maximum atomic E-state index is 12.5. The van der Waals surface area contributed by atoms with Crippen molar-refractivity contribution in [2.45, 2.75) is 52.4 Å². The molecular formula is C25H29NO2S. The summed E-state index contributed by atoms with van der Waals surface area (Å²) < 4.78 is 0. The number of phenolic OH excluding ortho intramolecular Hbond substituents is 1. The predicted octanol–water partition coefficient (Wildman–Crippen LogP) is 6.44. The van der Waals surface area contributed by atoms with Crippen LogP contribution in [0.5, 0.6) is 5.75 Å². The number of aromatic hydroxyl groups is 1. The molecule has 0 aliphatic carbocycles. The molecule has 0 radical (unpaired) electrons. The molecule has 0 saturated heterocycles. The van der Waals surface area contributed by atoms with E-state index in [-0.39, 0.29) is 22.5 Å². The van der Waals surface area contributed by atoms with E-state index in [1.54, 1.807) is 6.08 Å². The molecule has 0 unspecified atom stereocenters. The van der Waals surface area contributed by atoms with Gasteiger partial charge in [-0.1, -0.05) is 69.8 Å². The van der Waals surface area contributed by atoms with Crippen molar-refractivity contribution < 1.29 is 9.90 Å². The fraction of sp³-hybridized carbons (Fsp3) is 0.360. The van der Waals surface area contributed by atoms with Crippen molar-refractivity contribution in [1.29, 1.82) is 5.26 Å². The standard InChI is InChI=1S/C25H29NO2S/c1-17(2)22-14-20(15-23(18(3)4)24(22)27)13-21(16-26)25(28)29-12-8-11-19-9-6-5-7-10-19/h5-7,9-10,13-15,17-18,27H,8,11-12H2,1-4H3/b21-13+. The van der Waals surface area contributed by atoms with E-state index in [1.165, 1.54) is 17.3 Å². The third-order valence-corrected chi connectivity index (χ3v) is 5.75. The molecule has 3 nitrogen and oxygen atoms in total. The molecule has 29 heavy (non-hydrogen) atoms. The number of hydrogen-bond acceptors (Lipinski definition) is 4. The summed E-state index contributed by atoms with van der Waals surface area (Å²) in [5, 5.41) is 19.8. The summed E-state index contributed by atoms with van der Waals surface area (Å²) >= 11 is 1.19. The number of nitrogens with zero attached hydrogens (tertiary/aromatic N) is 1. The van der Waals surface area contributed by atoms with Crippen LogP contribution in [0.2, 0.25) is 0 Å². The molecule has 0 aromatic heterocycles. The van der Waals surface area contributed by atoms with Gasteiger partial charge in [0.2, 0.25) is 5.12 Å². The van der Waals surface area contributed by atoms with E-state index in [9.17, 15) is 15.2 Å². The number of phenols is 1. The lowest BCUT2D eigenvalue weighted by Crippen LogP contribution is -2.00. The van der Waals surface area contributed by atoms with Crippen LogP contribution in [0, 0.1) is 11.3 Å². The Labute approximate surface area is 178 Å². The Hall–Kier alpha value is -2.51. The third-order valence-electron chi connectivity index (χ3n) is 4.77. The van der Waals surface area contributed by atoms with Crippen molar-refractivity contribution in [3.63, 3.8) is 0 Å². The summed E-state index contributed by atoms with van der Waals surface area (Å²) in [5.41, 5.74) is 3.85. The average Bonchev–Trinajstić information content (AvgIpc) is 2.70. The number of aryl methyl sites for hydroxylation is 1. The molecule has 152 valence electrons. The average molecular weight is 408 g/mol. The maximum Gasteiger partial charge on any atom is 0.229 e. The molecule has 0 fully saturated rings. The number of carbonyl (C=O) groups excluding carboxylic acids is 1. The smallest absolute Gasteiger partial charge is 0.229 e. The van der Waals surface area contributed by atoms with Crippen molar-refractivity contribution >= 4 is 23.0 Å². The largest absolute Gasteiger partial charge is 0.507 e. The second kappa shape index (κ2) is 10.9. The van der Waals surface area contributed by atoms with Gasteiger partial charge in [0.1, 0.15) is 17.4 Å². The SMILES string of the molecule is CC(C)c1cc(/C=C(\C#N)C(=O)SCCCc2ccccc2)cc(C(C)C)c1O. The highest BCUT2D eigenvalue weighted by molar-refractivity contribution is 8.14. The van der Waals surface area contributed by atoms with E-state index >= 15 is 0 Å². The minimum absolute atomic E-state index is 0.143. The van der Waals surface area contributed by atoms with Crippen LogP contribution in [-0.2, 0) is 11.2 Å². The molecule has 1 N–H and O–H groups in total. The minimum atomic E-state index is -0.203. The Kier molecular flexibility index (Phi) is 8.54. The van der Waals surface area contributed by atoms with Crippen molar-refractivity contribution in [3.8, 4) is 11.8 Å². The monoisotopic (exact) mass is 407 g/mol. The summed E-state index contributed by atoms with van der Waals surface area (Å²) in [6.07, 6.45) is 3.44. The fourth-order valence-corrected chi connectivity index (χ4v) is 3.87. The van der Waals surface area contributed by atoms with Crippen LogP contribution < -0.4 is 0 Å². The predicted molar refractivity (Wildman–Crippen MR) is 122 cm³/mol. The molecule has 0 aliphatic rings. The quantitative estimate of drug-likeness (QED) is 0.311.